The molecule has 1 aliphatic rings. The van der Waals surface area contributed by atoms with Gasteiger partial charge in [-0.2, -0.15) is 0 Å². The minimum atomic E-state index is -1.58. The molecule has 2 nitrogen and oxygen atoms in total. The molecule has 0 aromatic heterocycles. The maximum absolute atomic E-state index is 11.9. The molecule has 0 N–H and O–H groups in total. The summed E-state index contributed by atoms with van der Waals surface area (Å²) >= 11 is 0. The van der Waals surface area contributed by atoms with E-state index in [0.29, 0.717) is 22.7 Å². The Labute approximate surface area is 126 Å². The van der Waals surface area contributed by atoms with Gasteiger partial charge in [0, 0.05) is 18.9 Å². The standard InChI is InChI=1S/C17H34O2Si/c1-14-10-11-15(16(18)13-14)9-7-8-12-19-20(5,6)17(2,3)4/h14-15H,7-13H2,1-6H3/t14-,15-/m1/s1. The van der Waals surface area contributed by atoms with Crippen molar-refractivity contribution in [2.24, 2.45) is 11.8 Å². The second-order valence-electron chi connectivity index (χ2n) is 8.15. The molecule has 1 aliphatic carbocycles. The van der Waals surface area contributed by atoms with E-state index in [1.807, 2.05) is 0 Å². The molecular weight excluding hydrogens is 264 g/mol. The highest BCUT2D eigenvalue weighted by Crippen LogP contribution is 2.36. The SMILES string of the molecule is C[C@@H]1CC[C@@H](CCCCO[Si](C)(C)C(C)(C)C)C(=O)C1. The third-order valence-electron chi connectivity index (χ3n) is 5.23. The lowest BCUT2D eigenvalue weighted by atomic mass is 9.80. The van der Waals surface area contributed by atoms with E-state index in [9.17, 15) is 4.79 Å². The maximum Gasteiger partial charge on any atom is 0.191 e. The number of carbonyl (C=O) groups is 1. The summed E-state index contributed by atoms with van der Waals surface area (Å²) in [5.41, 5.74) is 0. The molecule has 0 aliphatic heterocycles. The first-order valence-electron chi connectivity index (χ1n) is 8.30. The molecule has 2 atom stereocenters. The Kier molecular flexibility index (Phi) is 6.46. The van der Waals surface area contributed by atoms with Crippen LogP contribution in [0, 0.1) is 11.8 Å². The van der Waals surface area contributed by atoms with Gasteiger partial charge < -0.3 is 4.43 Å². The summed E-state index contributed by atoms with van der Waals surface area (Å²) in [7, 11) is -1.58. The molecule has 0 spiro atoms. The number of unbranched alkanes of at least 4 members (excludes halogenated alkanes) is 1. The summed E-state index contributed by atoms with van der Waals surface area (Å²) in [6.45, 7) is 14.5. The molecule has 0 aromatic carbocycles. The maximum atomic E-state index is 11.9. The molecule has 0 aromatic rings. The van der Waals surface area contributed by atoms with E-state index in [-0.39, 0.29) is 0 Å². The lowest BCUT2D eigenvalue weighted by Gasteiger charge is -2.36. The van der Waals surface area contributed by atoms with Crippen LogP contribution < -0.4 is 0 Å². The van der Waals surface area contributed by atoms with Gasteiger partial charge in [0.25, 0.3) is 0 Å². The van der Waals surface area contributed by atoms with Crippen molar-refractivity contribution in [3.05, 3.63) is 0 Å². The first-order chi connectivity index (χ1) is 9.13. The number of carbonyl (C=O) groups excluding carboxylic acids is 1. The van der Waals surface area contributed by atoms with Gasteiger partial charge in [-0.25, -0.2) is 0 Å². The van der Waals surface area contributed by atoms with Crippen LogP contribution in [-0.2, 0) is 9.22 Å². The zero-order valence-electron chi connectivity index (χ0n) is 14.4. The lowest BCUT2D eigenvalue weighted by molar-refractivity contribution is -0.126. The summed E-state index contributed by atoms with van der Waals surface area (Å²) in [6.07, 6.45) is 6.47. The fourth-order valence-electron chi connectivity index (χ4n) is 2.60. The van der Waals surface area contributed by atoms with Crippen molar-refractivity contribution in [1.82, 2.24) is 0 Å². The Hall–Kier alpha value is -0.153. The first kappa shape index (κ1) is 17.9. The van der Waals surface area contributed by atoms with Crippen LogP contribution in [0.5, 0.6) is 0 Å². The smallest absolute Gasteiger partial charge is 0.191 e. The normalized spacial score (nSPS) is 25.0. The first-order valence-corrected chi connectivity index (χ1v) is 11.2. The van der Waals surface area contributed by atoms with Gasteiger partial charge in [-0.15, -0.1) is 0 Å². The zero-order chi connectivity index (χ0) is 15.4. The van der Waals surface area contributed by atoms with E-state index in [4.69, 9.17) is 4.43 Å². The highest BCUT2D eigenvalue weighted by Gasteiger charge is 2.36. The Morgan fingerprint density at radius 2 is 1.85 bits per heavy atom. The number of Topliss-reactive ketones (excluding diaryl/α,β-unsaturated/α-hetero) is 1. The van der Waals surface area contributed by atoms with Crippen LogP contribution in [-0.4, -0.2) is 20.7 Å². The van der Waals surface area contributed by atoms with Crippen LogP contribution in [0.1, 0.15) is 66.2 Å². The van der Waals surface area contributed by atoms with Crippen molar-refractivity contribution in [3.8, 4) is 0 Å². The molecule has 0 radical (unpaired) electrons. The van der Waals surface area contributed by atoms with Crippen LogP contribution >= 0.6 is 0 Å². The van der Waals surface area contributed by atoms with Crippen molar-refractivity contribution in [1.29, 1.82) is 0 Å². The van der Waals surface area contributed by atoms with Crippen molar-refractivity contribution in [2.75, 3.05) is 6.61 Å². The van der Waals surface area contributed by atoms with Gasteiger partial charge in [-0.05, 0) is 49.7 Å². The van der Waals surface area contributed by atoms with Gasteiger partial charge in [-0.1, -0.05) is 34.1 Å². The van der Waals surface area contributed by atoms with Crippen molar-refractivity contribution >= 4 is 14.1 Å². The molecular formula is C17H34O2Si. The van der Waals surface area contributed by atoms with Crippen LogP contribution in [0.15, 0.2) is 0 Å². The van der Waals surface area contributed by atoms with E-state index < -0.39 is 8.32 Å². The second kappa shape index (κ2) is 7.21. The Bertz CT molecular complexity index is 317. The molecule has 1 saturated carbocycles. The third kappa shape index (κ3) is 5.32. The zero-order valence-corrected chi connectivity index (χ0v) is 15.4. The minimum absolute atomic E-state index is 0.294. The number of ketones is 1. The summed E-state index contributed by atoms with van der Waals surface area (Å²) in [5, 5.41) is 0.294. The van der Waals surface area contributed by atoms with Crippen molar-refractivity contribution < 1.29 is 9.22 Å². The molecule has 20 heavy (non-hydrogen) atoms. The summed E-state index contributed by atoms with van der Waals surface area (Å²) in [6, 6.07) is 0. The van der Waals surface area contributed by atoms with Crippen LogP contribution in [0.4, 0.5) is 0 Å². The third-order valence-corrected chi connectivity index (χ3v) is 9.77. The van der Waals surface area contributed by atoms with Gasteiger partial charge in [0.05, 0.1) is 0 Å². The van der Waals surface area contributed by atoms with E-state index in [1.165, 1.54) is 6.42 Å². The summed E-state index contributed by atoms with van der Waals surface area (Å²) in [5.74, 6) is 1.47. The predicted octanol–water partition coefficient (Wildman–Crippen LogP) is 5.18. The summed E-state index contributed by atoms with van der Waals surface area (Å²) < 4.78 is 6.18. The Balaban J connectivity index is 2.18. The fourth-order valence-corrected chi connectivity index (χ4v) is 3.69. The van der Waals surface area contributed by atoms with Crippen LogP contribution in [0.25, 0.3) is 0 Å². The van der Waals surface area contributed by atoms with Crippen molar-refractivity contribution in [2.45, 2.75) is 84.4 Å². The highest BCUT2D eigenvalue weighted by atomic mass is 28.4. The Morgan fingerprint density at radius 1 is 1.20 bits per heavy atom. The number of rotatable bonds is 6. The van der Waals surface area contributed by atoms with E-state index in [0.717, 1.165) is 38.7 Å². The fraction of sp³-hybridized carbons (Fsp3) is 0.941. The Morgan fingerprint density at radius 3 is 2.40 bits per heavy atom. The predicted molar refractivity (Wildman–Crippen MR) is 88.5 cm³/mol. The summed E-state index contributed by atoms with van der Waals surface area (Å²) in [4.78, 5) is 11.9. The highest BCUT2D eigenvalue weighted by molar-refractivity contribution is 6.74. The minimum Gasteiger partial charge on any atom is -0.417 e. The average Bonchev–Trinajstić information content (AvgIpc) is 2.29. The van der Waals surface area contributed by atoms with Crippen LogP contribution in [0.3, 0.4) is 0 Å². The van der Waals surface area contributed by atoms with E-state index >= 15 is 0 Å². The van der Waals surface area contributed by atoms with Gasteiger partial charge >= 0.3 is 0 Å². The molecule has 0 unspecified atom stereocenters. The van der Waals surface area contributed by atoms with Gasteiger partial charge in [-0.3, -0.25) is 4.79 Å². The lowest BCUT2D eigenvalue weighted by Crippen LogP contribution is -2.40. The topological polar surface area (TPSA) is 26.3 Å². The van der Waals surface area contributed by atoms with Gasteiger partial charge in [0.2, 0.25) is 0 Å². The molecule has 0 saturated heterocycles. The molecule has 118 valence electrons. The molecule has 0 bridgehead atoms. The van der Waals surface area contributed by atoms with Crippen LogP contribution in [0.2, 0.25) is 18.1 Å². The number of hydrogen-bond donors (Lipinski definition) is 0. The largest absolute Gasteiger partial charge is 0.417 e. The van der Waals surface area contributed by atoms with Crippen molar-refractivity contribution in [3.63, 3.8) is 0 Å². The van der Waals surface area contributed by atoms with E-state index in [2.05, 4.69) is 40.8 Å². The number of hydrogen-bond acceptors (Lipinski definition) is 2. The van der Waals surface area contributed by atoms with Gasteiger partial charge in [0.1, 0.15) is 5.78 Å². The molecule has 0 amide bonds. The monoisotopic (exact) mass is 298 g/mol. The second-order valence-corrected chi connectivity index (χ2v) is 13.0. The van der Waals surface area contributed by atoms with E-state index in [1.54, 1.807) is 0 Å². The molecule has 3 heteroatoms. The average molecular weight is 299 g/mol. The molecule has 0 heterocycles. The molecule has 1 fully saturated rings. The van der Waals surface area contributed by atoms with Gasteiger partial charge in [0.15, 0.2) is 8.32 Å². The molecule has 1 rings (SSSR count). The quantitative estimate of drug-likeness (QED) is 0.498.